The molecule has 0 saturated carbocycles. The molecule has 0 heterocycles. The molecule has 1 aliphatic rings. The molecule has 1 aliphatic carbocycles. The number of hydrogen-bond donors (Lipinski definition) is 2. The van der Waals surface area contributed by atoms with Crippen molar-refractivity contribution >= 4 is 33.8 Å². The van der Waals surface area contributed by atoms with Crippen LogP contribution >= 0.6 is 12.4 Å². The number of anilines is 1. The number of carbonyl (C=O) groups is 1. The van der Waals surface area contributed by atoms with Crippen LogP contribution < -0.4 is 11.1 Å². The predicted molar refractivity (Wildman–Crippen MR) is 90.8 cm³/mol. The van der Waals surface area contributed by atoms with Crippen LogP contribution in [-0.4, -0.2) is 25.3 Å². The van der Waals surface area contributed by atoms with Gasteiger partial charge in [0.15, 0.2) is 9.84 Å². The largest absolute Gasteiger partial charge is 0.399 e. The van der Waals surface area contributed by atoms with Crippen LogP contribution in [0.15, 0.2) is 18.2 Å². The maximum atomic E-state index is 12.3. The van der Waals surface area contributed by atoms with Crippen LogP contribution in [0.2, 0.25) is 0 Å². The van der Waals surface area contributed by atoms with E-state index in [0.29, 0.717) is 5.69 Å². The van der Waals surface area contributed by atoms with E-state index in [2.05, 4.69) is 5.32 Å². The Labute approximate surface area is 138 Å². The average molecular weight is 347 g/mol. The lowest BCUT2D eigenvalue weighted by atomic mass is 9.87. The van der Waals surface area contributed by atoms with Gasteiger partial charge in [-0.3, -0.25) is 4.79 Å². The Balaban J connectivity index is 0.00000242. The van der Waals surface area contributed by atoms with Crippen LogP contribution in [0, 0.1) is 0 Å². The number of sulfone groups is 1. The quantitative estimate of drug-likeness (QED) is 0.819. The van der Waals surface area contributed by atoms with Crippen LogP contribution in [0.4, 0.5) is 5.69 Å². The Bertz CT molecular complexity index is 671. The minimum absolute atomic E-state index is 0. The number of amides is 1. The van der Waals surface area contributed by atoms with Crippen LogP contribution in [0.5, 0.6) is 0 Å². The third kappa shape index (κ3) is 3.55. The summed E-state index contributed by atoms with van der Waals surface area (Å²) in [5.74, 6) is -0.459. The summed E-state index contributed by atoms with van der Waals surface area (Å²) in [6.07, 6.45) is 3.77. The molecule has 5 nitrogen and oxygen atoms in total. The highest BCUT2D eigenvalue weighted by Gasteiger charge is 2.39. The number of benzene rings is 1. The van der Waals surface area contributed by atoms with Crippen LogP contribution in [0.25, 0.3) is 0 Å². The number of hydrogen-bond acceptors (Lipinski definition) is 4. The first-order valence-corrected chi connectivity index (χ1v) is 8.91. The lowest BCUT2D eigenvalue weighted by molar-refractivity contribution is -0.123. The summed E-state index contributed by atoms with van der Waals surface area (Å²) >= 11 is 0. The number of nitrogens with two attached hydrogens (primary N) is 1. The molecule has 0 radical (unpaired) electrons. The lowest BCUT2D eigenvalue weighted by Crippen LogP contribution is -2.49. The summed E-state index contributed by atoms with van der Waals surface area (Å²) in [5.41, 5.74) is 8.66. The number of nitrogen functional groups attached to an aromatic ring is 1. The van der Waals surface area contributed by atoms with E-state index >= 15 is 0 Å². The maximum absolute atomic E-state index is 12.3. The predicted octanol–water partition coefficient (Wildman–Crippen LogP) is 2.01. The summed E-state index contributed by atoms with van der Waals surface area (Å²) in [5, 5.41) is 2.88. The molecule has 0 saturated heterocycles. The van der Waals surface area contributed by atoms with E-state index in [1.807, 2.05) is 18.2 Å². The normalized spacial score (nSPS) is 18.0. The number of halogens is 1. The Morgan fingerprint density at radius 1 is 1.36 bits per heavy atom. The van der Waals surface area contributed by atoms with E-state index in [4.69, 9.17) is 5.73 Å². The molecule has 0 aliphatic heterocycles. The first-order valence-electron chi connectivity index (χ1n) is 7.02. The maximum Gasteiger partial charge on any atom is 0.241 e. The van der Waals surface area contributed by atoms with Crippen molar-refractivity contribution in [2.45, 2.75) is 43.9 Å². The van der Waals surface area contributed by atoms with Crippen LogP contribution in [0.3, 0.4) is 0 Å². The van der Waals surface area contributed by atoms with E-state index < -0.39 is 20.5 Å². The number of aryl methyl sites for hydroxylation is 1. The van der Waals surface area contributed by atoms with Gasteiger partial charge in [-0.2, -0.15) is 0 Å². The van der Waals surface area contributed by atoms with Gasteiger partial charge in [0, 0.05) is 11.9 Å². The van der Waals surface area contributed by atoms with Crippen molar-refractivity contribution in [1.29, 1.82) is 0 Å². The molecule has 22 heavy (non-hydrogen) atoms. The first kappa shape index (κ1) is 18.8. The number of rotatable bonds is 3. The molecule has 0 fully saturated rings. The van der Waals surface area contributed by atoms with Crippen molar-refractivity contribution in [3.05, 3.63) is 29.3 Å². The van der Waals surface area contributed by atoms with Gasteiger partial charge >= 0.3 is 0 Å². The fourth-order valence-corrected chi connectivity index (χ4v) is 2.88. The average Bonchev–Trinajstić information content (AvgIpc) is 2.37. The zero-order chi connectivity index (χ0) is 15.8. The van der Waals surface area contributed by atoms with Gasteiger partial charge in [0.1, 0.15) is 4.75 Å². The molecule has 7 heteroatoms. The molecular formula is C15H23ClN2O3S. The van der Waals surface area contributed by atoms with E-state index in [9.17, 15) is 13.2 Å². The van der Waals surface area contributed by atoms with Crippen LogP contribution in [0.1, 0.15) is 43.9 Å². The van der Waals surface area contributed by atoms with Crippen LogP contribution in [-0.2, 0) is 21.1 Å². The summed E-state index contributed by atoms with van der Waals surface area (Å²) < 4.78 is 22.1. The summed E-state index contributed by atoms with van der Waals surface area (Å²) in [7, 11) is -3.47. The minimum Gasteiger partial charge on any atom is -0.399 e. The zero-order valence-electron chi connectivity index (χ0n) is 13.0. The molecule has 2 rings (SSSR count). The Hall–Kier alpha value is -1.27. The topological polar surface area (TPSA) is 89.3 Å². The van der Waals surface area contributed by atoms with Crippen molar-refractivity contribution in [3.8, 4) is 0 Å². The molecule has 1 aromatic carbocycles. The number of fused-ring (bicyclic) bond motifs is 1. The zero-order valence-corrected chi connectivity index (χ0v) is 14.7. The van der Waals surface area contributed by atoms with Gasteiger partial charge in [0.05, 0.1) is 6.04 Å². The molecule has 0 aromatic heterocycles. The molecule has 124 valence electrons. The molecule has 0 bridgehead atoms. The molecule has 1 unspecified atom stereocenters. The van der Waals surface area contributed by atoms with Gasteiger partial charge in [0.25, 0.3) is 0 Å². The van der Waals surface area contributed by atoms with Crippen molar-refractivity contribution in [2.24, 2.45) is 0 Å². The molecular weight excluding hydrogens is 324 g/mol. The monoisotopic (exact) mass is 346 g/mol. The smallest absolute Gasteiger partial charge is 0.241 e. The van der Waals surface area contributed by atoms with E-state index in [1.165, 1.54) is 13.8 Å². The molecule has 3 N–H and O–H groups in total. The van der Waals surface area contributed by atoms with E-state index in [-0.39, 0.29) is 18.4 Å². The second-order valence-electron chi connectivity index (χ2n) is 6.16. The fourth-order valence-electron chi connectivity index (χ4n) is 2.48. The molecule has 1 atom stereocenters. The molecule has 1 amide bonds. The Kier molecular flexibility index (Phi) is 5.51. The van der Waals surface area contributed by atoms with Gasteiger partial charge in [-0.15, -0.1) is 12.4 Å². The van der Waals surface area contributed by atoms with Crippen molar-refractivity contribution < 1.29 is 13.2 Å². The third-order valence-electron chi connectivity index (χ3n) is 4.26. The first-order chi connectivity index (χ1) is 9.63. The van der Waals surface area contributed by atoms with Crippen molar-refractivity contribution in [2.75, 3.05) is 12.0 Å². The Morgan fingerprint density at radius 2 is 2.00 bits per heavy atom. The van der Waals surface area contributed by atoms with Crippen molar-refractivity contribution in [1.82, 2.24) is 5.32 Å². The van der Waals surface area contributed by atoms with Gasteiger partial charge in [-0.25, -0.2) is 8.42 Å². The fraction of sp³-hybridized carbons (Fsp3) is 0.533. The highest BCUT2D eigenvalue weighted by atomic mass is 35.5. The summed E-state index contributed by atoms with van der Waals surface area (Å²) in [6.45, 7) is 2.87. The van der Waals surface area contributed by atoms with Crippen molar-refractivity contribution in [3.63, 3.8) is 0 Å². The second kappa shape index (κ2) is 6.46. The minimum atomic E-state index is -3.47. The van der Waals surface area contributed by atoms with Gasteiger partial charge in [-0.1, -0.05) is 6.07 Å². The standard InChI is InChI=1S/C15H22N2O3S.ClH/c1-15(2,21(3,19)20)14(18)17-13-6-4-5-10-9-11(16)7-8-12(10)13;/h7-9,13H,4-6,16H2,1-3H3,(H,17,18);1H. The van der Waals surface area contributed by atoms with E-state index in [0.717, 1.165) is 36.6 Å². The van der Waals surface area contributed by atoms with Gasteiger partial charge in [0.2, 0.25) is 5.91 Å². The molecule has 1 aromatic rings. The lowest BCUT2D eigenvalue weighted by Gasteiger charge is -2.30. The highest BCUT2D eigenvalue weighted by molar-refractivity contribution is 7.92. The number of carbonyl (C=O) groups excluding carboxylic acids is 1. The van der Waals surface area contributed by atoms with Gasteiger partial charge in [-0.05, 0) is 56.4 Å². The summed E-state index contributed by atoms with van der Waals surface area (Å²) in [6, 6.07) is 5.51. The Morgan fingerprint density at radius 3 is 2.59 bits per heavy atom. The SMILES string of the molecule is CC(C)(C(=O)NC1CCCc2cc(N)ccc21)S(C)(=O)=O.Cl. The summed E-state index contributed by atoms with van der Waals surface area (Å²) in [4.78, 5) is 12.3. The van der Waals surface area contributed by atoms with E-state index in [1.54, 1.807) is 0 Å². The highest BCUT2D eigenvalue weighted by Crippen LogP contribution is 2.31. The number of nitrogens with one attached hydrogen (secondary N) is 1. The van der Waals surface area contributed by atoms with Gasteiger partial charge < -0.3 is 11.1 Å². The third-order valence-corrected chi connectivity index (χ3v) is 6.30. The second-order valence-corrected chi connectivity index (χ2v) is 8.72. The molecule has 0 spiro atoms.